The van der Waals surface area contributed by atoms with E-state index < -0.39 is 0 Å². The molecule has 1 aromatic heterocycles. The Hall–Kier alpha value is -2.13. The van der Waals surface area contributed by atoms with E-state index in [9.17, 15) is 0 Å². The van der Waals surface area contributed by atoms with E-state index in [1.54, 1.807) is 0 Å². The smallest absolute Gasteiger partial charge is 0.196 e. The molecule has 1 heterocycles. The van der Waals surface area contributed by atoms with E-state index in [-0.39, 0.29) is 0 Å². The summed E-state index contributed by atoms with van der Waals surface area (Å²) < 4.78 is 5.83. The monoisotopic (exact) mass is 252 g/mol. The summed E-state index contributed by atoms with van der Waals surface area (Å²) in [4.78, 5) is 4.33. The molecule has 0 fully saturated rings. The summed E-state index contributed by atoms with van der Waals surface area (Å²) in [6.07, 6.45) is 2.62. The number of nitrogens with zero attached hydrogens (tertiary/aromatic N) is 1. The molecule has 3 heteroatoms. The summed E-state index contributed by atoms with van der Waals surface area (Å²) in [5, 5.41) is 5.51. The predicted molar refractivity (Wildman–Crippen MR) is 77.1 cm³/mol. The Kier molecular flexibility index (Phi) is 3.29. The van der Waals surface area contributed by atoms with E-state index in [1.807, 2.05) is 31.4 Å². The van der Waals surface area contributed by atoms with Gasteiger partial charge in [0.1, 0.15) is 0 Å². The normalized spacial score (nSPS) is 11.0. The Bertz CT molecular complexity index is 683. The molecule has 19 heavy (non-hydrogen) atoms. The second kappa shape index (κ2) is 5.24. The first-order valence-corrected chi connectivity index (χ1v) is 6.46. The summed E-state index contributed by atoms with van der Waals surface area (Å²) in [5.74, 6) is 1.61. The van der Waals surface area contributed by atoms with Crippen molar-refractivity contribution in [2.24, 2.45) is 0 Å². The Morgan fingerprint density at radius 3 is 2.84 bits per heavy atom. The zero-order valence-electron chi connectivity index (χ0n) is 10.9. The van der Waals surface area contributed by atoms with Crippen molar-refractivity contribution in [3.05, 3.63) is 54.6 Å². The van der Waals surface area contributed by atoms with Gasteiger partial charge in [0.25, 0.3) is 0 Å². The zero-order chi connectivity index (χ0) is 13.1. The number of rotatable bonds is 4. The summed E-state index contributed by atoms with van der Waals surface area (Å²) in [6.45, 7) is 0.871. The van der Waals surface area contributed by atoms with Gasteiger partial charge in [-0.1, -0.05) is 42.5 Å². The third kappa shape index (κ3) is 2.37. The van der Waals surface area contributed by atoms with Crippen molar-refractivity contribution in [1.82, 2.24) is 10.3 Å². The van der Waals surface area contributed by atoms with Crippen molar-refractivity contribution in [2.45, 2.75) is 6.42 Å². The molecule has 0 radical (unpaired) electrons. The quantitative estimate of drug-likeness (QED) is 0.774. The van der Waals surface area contributed by atoms with E-state index >= 15 is 0 Å². The van der Waals surface area contributed by atoms with Gasteiger partial charge < -0.3 is 9.73 Å². The van der Waals surface area contributed by atoms with Crippen LogP contribution in [0, 0.1) is 0 Å². The molecular formula is C16H16N2O. The maximum atomic E-state index is 5.83. The molecule has 1 N–H and O–H groups in total. The largest absolute Gasteiger partial charge is 0.441 e. The summed E-state index contributed by atoms with van der Waals surface area (Å²) >= 11 is 0. The van der Waals surface area contributed by atoms with Gasteiger partial charge in [0.2, 0.25) is 0 Å². The lowest BCUT2D eigenvalue weighted by Crippen LogP contribution is -2.10. The first-order valence-electron chi connectivity index (χ1n) is 6.46. The van der Waals surface area contributed by atoms with Crippen LogP contribution in [0.15, 0.2) is 53.1 Å². The molecule has 3 aromatic rings. The topological polar surface area (TPSA) is 38.1 Å². The highest BCUT2D eigenvalue weighted by Crippen LogP contribution is 2.28. The number of likely N-dealkylation sites (N-methyl/N-ethyl adjacent to an activating group) is 1. The summed E-state index contributed by atoms with van der Waals surface area (Å²) in [5.41, 5.74) is 1.10. The van der Waals surface area contributed by atoms with Gasteiger partial charge in [-0.05, 0) is 17.8 Å². The second-order valence-corrected chi connectivity index (χ2v) is 4.50. The minimum absolute atomic E-state index is 0.775. The highest BCUT2D eigenvalue weighted by atomic mass is 16.4. The molecule has 3 rings (SSSR count). The first-order chi connectivity index (χ1) is 9.38. The molecule has 0 saturated carbocycles. The van der Waals surface area contributed by atoms with Gasteiger partial charge in [-0.25, -0.2) is 4.98 Å². The minimum Gasteiger partial charge on any atom is -0.441 e. The Morgan fingerprint density at radius 2 is 1.95 bits per heavy atom. The Labute approximate surface area is 112 Å². The maximum Gasteiger partial charge on any atom is 0.196 e. The maximum absolute atomic E-state index is 5.83. The summed E-state index contributed by atoms with van der Waals surface area (Å²) in [7, 11) is 1.93. The fraction of sp³-hybridized carbons (Fsp3) is 0.188. The molecule has 0 aliphatic rings. The SMILES string of the molecule is CNCCc1ncc(-c2cccc3ccccc23)o1. The Morgan fingerprint density at radius 1 is 1.11 bits per heavy atom. The first kappa shape index (κ1) is 11.9. The lowest BCUT2D eigenvalue weighted by atomic mass is 10.0. The van der Waals surface area contributed by atoms with Crippen LogP contribution in [-0.4, -0.2) is 18.6 Å². The van der Waals surface area contributed by atoms with Crippen LogP contribution in [0.5, 0.6) is 0 Å². The van der Waals surface area contributed by atoms with Crippen molar-refractivity contribution >= 4 is 10.8 Å². The lowest BCUT2D eigenvalue weighted by molar-refractivity contribution is 0.501. The van der Waals surface area contributed by atoms with Crippen LogP contribution in [0.25, 0.3) is 22.1 Å². The number of aromatic nitrogens is 1. The van der Waals surface area contributed by atoms with Gasteiger partial charge in [0, 0.05) is 18.5 Å². The number of nitrogens with one attached hydrogen (secondary N) is 1. The summed E-state index contributed by atoms with van der Waals surface area (Å²) in [6, 6.07) is 14.5. The molecule has 96 valence electrons. The molecular weight excluding hydrogens is 236 g/mol. The molecule has 0 spiro atoms. The predicted octanol–water partition coefficient (Wildman–Crippen LogP) is 3.26. The molecule has 0 saturated heterocycles. The van der Waals surface area contributed by atoms with Gasteiger partial charge in [-0.15, -0.1) is 0 Å². The van der Waals surface area contributed by atoms with Crippen molar-refractivity contribution in [3.8, 4) is 11.3 Å². The number of hydrogen-bond donors (Lipinski definition) is 1. The van der Waals surface area contributed by atoms with Crippen LogP contribution in [0.2, 0.25) is 0 Å². The van der Waals surface area contributed by atoms with Gasteiger partial charge in [0.15, 0.2) is 11.7 Å². The zero-order valence-corrected chi connectivity index (χ0v) is 10.9. The van der Waals surface area contributed by atoms with Gasteiger partial charge in [0.05, 0.1) is 6.20 Å². The third-order valence-electron chi connectivity index (χ3n) is 3.20. The second-order valence-electron chi connectivity index (χ2n) is 4.50. The van der Waals surface area contributed by atoms with Crippen LogP contribution >= 0.6 is 0 Å². The Balaban J connectivity index is 2.02. The highest BCUT2D eigenvalue weighted by Gasteiger charge is 2.09. The molecule has 3 nitrogen and oxygen atoms in total. The van der Waals surface area contributed by atoms with Crippen molar-refractivity contribution < 1.29 is 4.42 Å². The van der Waals surface area contributed by atoms with E-state index in [1.165, 1.54) is 10.8 Å². The van der Waals surface area contributed by atoms with E-state index in [0.717, 1.165) is 30.2 Å². The number of fused-ring (bicyclic) bond motifs is 1. The lowest BCUT2D eigenvalue weighted by Gasteiger charge is -2.03. The van der Waals surface area contributed by atoms with E-state index in [4.69, 9.17) is 4.42 Å². The molecule has 0 bridgehead atoms. The molecule has 0 aliphatic heterocycles. The van der Waals surface area contributed by atoms with Crippen LogP contribution in [-0.2, 0) is 6.42 Å². The van der Waals surface area contributed by atoms with E-state index in [2.05, 4.69) is 34.6 Å². The van der Waals surface area contributed by atoms with Gasteiger partial charge >= 0.3 is 0 Å². The van der Waals surface area contributed by atoms with Crippen LogP contribution < -0.4 is 5.32 Å². The molecule has 0 atom stereocenters. The standard InChI is InChI=1S/C16H16N2O/c1-17-10-9-16-18-11-15(19-16)14-8-4-6-12-5-2-3-7-13(12)14/h2-8,11,17H,9-10H2,1H3. The molecule has 0 amide bonds. The average molecular weight is 252 g/mol. The van der Waals surface area contributed by atoms with Crippen LogP contribution in [0.4, 0.5) is 0 Å². The number of hydrogen-bond acceptors (Lipinski definition) is 3. The van der Waals surface area contributed by atoms with Gasteiger partial charge in [-0.2, -0.15) is 0 Å². The van der Waals surface area contributed by atoms with Crippen LogP contribution in [0.3, 0.4) is 0 Å². The third-order valence-corrected chi connectivity index (χ3v) is 3.20. The minimum atomic E-state index is 0.775. The number of benzene rings is 2. The van der Waals surface area contributed by atoms with Crippen LogP contribution in [0.1, 0.15) is 5.89 Å². The molecule has 2 aromatic carbocycles. The van der Waals surface area contributed by atoms with Crippen molar-refractivity contribution in [1.29, 1.82) is 0 Å². The number of oxazole rings is 1. The average Bonchev–Trinajstić information content (AvgIpc) is 2.93. The molecule has 0 aliphatic carbocycles. The fourth-order valence-electron chi connectivity index (χ4n) is 2.22. The van der Waals surface area contributed by atoms with Crippen molar-refractivity contribution in [2.75, 3.05) is 13.6 Å². The highest BCUT2D eigenvalue weighted by molar-refractivity contribution is 5.95. The molecule has 0 unspecified atom stereocenters. The fourth-order valence-corrected chi connectivity index (χ4v) is 2.22. The van der Waals surface area contributed by atoms with Crippen molar-refractivity contribution in [3.63, 3.8) is 0 Å². The van der Waals surface area contributed by atoms with E-state index in [0.29, 0.717) is 0 Å². The van der Waals surface area contributed by atoms with Gasteiger partial charge in [-0.3, -0.25) is 0 Å².